The van der Waals surface area contributed by atoms with Crippen molar-refractivity contribution in [2.24, 2.45) is 7.05 Å². The minimum absolute atomic E-state index is 1.14. The summed E-state index contributed by atoms with van der Waals surface area (Å²) in [5, 5.41) is 0. The van der Waals surface area contributed by atoms with Crippen LogP contribution in [0.4, 0.5) is 5.69 Å². The second kappa shape index (κ2) is 14.4. The van der Waals surface area contributed by atoms with Gasteiger partial charge in [-0.15, -0.1) is 0 Å². The molecule has 1 aliphatic heterocycles. The van der Waals surface area contributed by atoms with E-state index in [1.165, 1.54) is 62.8 Å². The lowest BCUT2D eigenvalue weighted by Crippen LogP contribution is -2.28. The summed E-state index contributed by atoms with van der Waals surface area (Å²) >= 11 is 8.44. The van der Waals surface area contributed by atoms with Gasteiger partial charge in [-0.25, -0.2) is 4.57 Å². The molecule has 2 nitrogen and oxygen atoms in total. The summed E-state index contributed by atoms with van der Waals surface area (Å²) in [5.74, 6) is 10.2. The molecule has 0 atom stereocenters. The highest BCUT2D eigenvalue weighted by molar-refractivity contribution is 8.05. The zero-order chi connectivity index (χ0) is 20.9. The van der Waals surface area contributed by atoms with Crippen LogP contribution >= 0.6 is 47.0 Å². The van der Waals surface area contributed by atoms with Crippen molar-refractivity contribution in [1.29, 1.82) is 0 Å². The van der Waals surface area contributed by atoms with Gasteiger partial charge in [0.1, 0.15) is 7.05 Å². The highest BCUT2D eigenvalue weighted by Crippen LogP contribution is 2.20. The van der Waals surface area contributed by atoms with Crippen molar-refractivity contribution in [3.05, 3.63) is 59.9 Å². The van der Waals surface area contributed by atoms with Crippen LogP contribution in [-0.2, 0) is 7.05 Å². The molecular weight excluding hydrogens is 445 g/mol. The molecule has 3 rings (SSSR count). The maximum absolute atomic E-state index is 2.57. The Morgan fingerprint density at radius 3 is 1.57 bits per heavy atom. The zero-order valence-electron chi connectivity index (χ0n) is 17.9. The molecule has 1 aliphatic rings. The van der Waals surface area contributed by atoms with Crippen LogP contribution in [0.15, 0.2) is 48.8 Å². The van der Waals surface area contributed by atoms with Crippen LogP contribution in [0.1, 0.15) is 11.1 Å². The lowest BCUT2D eigenvalue weighted by atomic mass is 10.1. The van der Waals surface area contributed by atoms with Crippen molar-refractivity contribution >= 4 is 64.9 Å². The second-order valence-electron chi connectivity index (χ2n) is 7.16. The standard InChI is InChI=1S/C24H33N2S4/c1-25-10-8-23(9-11-25)3-2-22-4-6-24(7-5-22)26-12-14-27-16-18-29-20-21-30-19-17-28-15-13-26/h2-11H,12-21H2,1H3/q+1. The smallest absolute Gasteiger partial charge is 0.169 e. The molecule has 2 heterocycles. The van der Waals surface area contributed by atoms with E-state index in [0.717, 1.165) is 13.1 Å². The number of hydrogen-bond acceptors (Lipinski definition) is 5. The Balaban J connectivity index is 1.57. The third-order valence-corrected chi connectivity index (χ3v) is 9.53. The summed E-state index contributed by atoms with van der Waals surface area (Å²) in [6.07, 6.45) is 8.55. The average Bonchev–Trinajstić information content (AvgIpc) is 2.78. The normalized spacial score (nSPS) is 18.1. The Labute approximate surface area is 199 Å². The van der Waals surface area contributed by atoms with E-state index in [9.17, 15) is 0 Å². The molecule has 30 heavy (non-hydrogen) atoms. The van der Waals surface area contributed by atoms with Gasteiger partial charge in [-0.2, -0.15) is 47.0 Å². The molecule has 1 saturated heterocycles. The van der Waals surface area contributed by atoms with Crippen LogP contribution in [0.3, 0.4) is 0 Å². The first-order valence-corrected chi connectivity index (χ1v) is 15.2. The van der Waals surface area contributed by atoms with Gasteiger partial charge in [0, 0.05) is 76.9 Å². The Kier molecular flexibility index (Phi) is 11.5. The average molecular weight is 478 g/mol. The van der Waals surface area contributed by atoms with Gasteiger partial charge in [-0.05, 0) is 23.3 Å². The quantitative estimate of drug-likeness (QED) is 0.542. The molecule has 0 amide bonds. The molecule has 162 valence electrons. The van der Waals surface area contributed by atoms with Gasteiger partial charge in [-0.1, -0.05) is 24.3 Å². The number of anilines is 1. The van der Waals surface area contributed by atoms with Crippen molar-refractivity contribution in [2.45, 2.75) is 0 Å². The maximum Gasteiger partial charge on any atom is 0.169 e. The molecule has 1 aromatic heterocycles. The number of aromatic nitrogens is 1. The molecule has 0 radical (unpaired) electrons. The largest absolute Gasteiger partial charge is 0.370 e. The van der Waals surface area contributed by atoms with Crippen molar-refractivity contribution in [3.63, 3.8) is 0 Å². The van der Waals surface area contributed by atoms with Crippen LogP contribution in [-0.4, -0.2) is 59.1 Å². The third-order valence-electron chi connectivity index (χ3n) is 4.86. The highest BCUT2D eigenvalue weighted by atomic mass is 32.2. The Hall–Kier alpha value is -0.690. The molecule has 2 aromatic rings. The van der Waals surface area contributed by atoms with Crippen LogP contribution in [0, 0.1) is 0 Å². The van der Waals surface area contributed by atoms with Crippen molar-refractivity contribution in [2.75, 3.05) is 64.0 Å². The van der Waals surface area contributed by atoms with Gasteiger partial charge in [0.15, 0.2) is 12.4 Å². The van der Waals surface area contributed by atoms with E-state index in [1.54, 1.807) is 0 Å². The molecule has 6 heteroatoms. The summed E-state index contributed by atoms with van der Waals surface area (Å²) in [5.41, 5.74) is 3.84. The van der Waals surface area contributed by atoms with Crippen molar-refractivity contribution in [1.82, 2.24) is 0 Å². The Morgan fingerprint density at radius 1 is 0.633 bits per heavy atom. The predicted octanol–water partition coefficient (Wildman–Crippen LogP) is 5.43. The first-order valence-electron chi connectivity index (χ1n) is 10.6. The first kappa shape index (κ1) is 24.0. The number of pyridine rings is 1. The van der Waals surface area contributed by atoms with Gasteiger partial charge in [0.2, 0.25) is 0 Å². The van der Waals surface area contributed by atoms with Crippen molar-refractivity contribution in [3.8, 4) is 0 Å². The minimum atomic E-state index is 1.14. The lowest BCUT2D eigenvalue weighted by molar-refractivity contribution is -0.671. The lowest BCUT2D eigenvalue weighted by Gasteiger charge is -2.25. The summed E-state index contributed by atoms with van der Waals surface area (Å²) < 4.78 is 2.06. The second-order valence-corrected chi connectivity index (χ2v) is 12.1. The van der Waals surface area contributed by atoms with E-state index < -0.39 is 0 Å². The summed E-state index contributed by atoms with van der Waals surface area (Å²) in [6.45, 7) is 2.28. The molecule has 0 aliphatic carbocycles. The van der Waals surface area contributed by atoms with E-state index in [2.05, 4.69) is 117 Å². The number of rotatable bonds is 3. The third kappa shape index (κ3) is 9.21. The SMILES string of the molecule is C[n+]1ccc(/C=C/c2ccc(N3CCSCCSCCSCCSCC3)cc2)cc1. The van der Waals surface area contributed by atoms with E-state index in [-0.39, 0.29) is 0 Å². The minimum Gasteiger partial charge on any atom is -0.370 e. The number of aryl methyl sites for hydroxylation is 1. The Bertz CT molecular complexity index is 731. The maximum atomic E-state index is 2.57. The molecule has 0 saturated carbocycles. The number of hydrogen-bond donors (Lipinski definition) is 0. The first-order chi connectivity index (χ1) is 14.8. The van der Waals surface area contributed by atoms with Gasteiger partial charge in [-0.3, -0.25) is 0 Å². The summed E-state index contributed by atoms with van der Waals surface area (Å²) in [7, 11) is 2.04. The monoisotopic (exact) mass is 477 g/mol. The topological polar surface area (TPSA) is 7.12 Å². The van der Waals surface area contributed by atoms with Crippen molar-refractivity contribution < 1.29 is 4.57 Å². The fourth-order valence-electron chi connectivity index (χ4n) is 3.09. The van der Waals surface area contributed by atoms with Gasteiger partial charge in [0.05, 0.1) is 0 Å². The van der Waals surface area contributed by atoms with E-state index in [4.69, 9.17) is 0 Å². The van der Waals surface area contributed by atoms with Crippen LogP contribution in [0.25, 0.3) is 12.2 Å². The molecule has 0 spiro atoms. The van der Waals surface area contributed by atoms with Gasteiger partial charge in [0.25, 0.3) is 0 Å². The zero-order valence-corrected chi connectivity index (χ0v) is 21.1. The number of benzene rings is 1. The molecule has 1 fully saturated rings. The molecule has 0 unspecified atom stereocenters. The van der Waals surface area contributed by atoms with Crippen LogP contribution < -0.4 is 9.47 Å². The predicted molar refractivity (Wildman–Crippen MR) is 145 cm³/mol. The van der Waals surface area contributed by atoms with Gasteiger partial charge >= 0.3 is 0 Å². The Morgan fingerprint density at radius 2 is 1.07 bits per heavy atom. The fraction of sp³-hybridized carbons (Fsp3) is 0.458. The van der Waals surface area contributed by atoms with Gasteiger partial charge < -0.3 is 4.90 Å². The molecule has 0 N–H and O–H groups in total. The number of nitrogens with zero attached hydrogens (tertiary/aromatic N) is 2. The molecule has 0 bridgehead atoms. The van der Waals surface area contributed by atoms with Crippen LogP contribution in [0.5, 0.6) is 0 Å². The van der Waals surface area contributed by atoms with E-state index in [0.29, 0.717) is 0 Å². The summed E-state index contributed by atoms with van der Waals surface area (Å²) in [6, 6.07) is 13.4. The van der Waals surface area contributed by atoms with Crippen LogP contribution in [0.2, 0.25) is 0 Å². The highest BCUT2D eigenvalue weighted by Gasteiger charge is 2.07. The fourth-order valence-corrected chi connectivity index (χ4v) is 7.44. The molecule has 1 aromatic carbocycles. The summed E-state index contributed by atoms with van der Waals surface area (Å²) in [4.78, 5) is 2.57. The number of thioether (sulfide) groups is 4. The van der Waals surface area contributed by atoms with E-state index in [1.807, 2.05) is 7.05 Å². The molecular formula is C24H33N2S4+. The van der Waals surface area contributed by atoms with E-state index >= 15 is 0 Å².